The van der Waals surface area contributed by atoms with Crippen LogP contribution in [0.3, 0.4) is 0 Å². The predicted molar refractivity (Wildman–Crippen MR) is 92.6 cm³/mol. The summed E-state index contributed by atoms with van der Waals surface area (Å²) in [4.78, 5) is 12.6. The van der Waals surface area contributed by atoms with Crippen LogP contribution in [0.2, 0.25) is 5.02 Å². The number of alkyl halides is 3. The van der Waals surface area contributed by atoms with Crippen LogP contribution in [-0.2, 0) is 4.79 Å². The molecular weight excluding hydrogens is 387 g/mol. The molecule has 0 unspecified atom stereocenters. The van der Waals surface area contributed by atoms with E-state index in [2.05, 4.69) is 5.32 Å². The Labute approximate surface area is 158 Å². The Bertz CT molecular complexity index is 844. The van der Waals surface area contributed by atoms with E-state index >= 15 is 0 Å². The first-order valence-electron chi connectivity index (χ1n) is 7.95. The van der Waals surface area contributed by atoms with E-state index in [1.165, 1.54) is 18.2 Å². The Morgan fingerprint density at radius 3 is 2.52 bits per heavy atom. The van der Waals surface area contributed by atoms with Gasteiger partial charge in [0.1, 0.15) is 11.9 Å². The monoisotopic (exact) mass is 401 g/mol. The summed E-state index contributed by atoms with van der Waals surface area (Å²) in [5, 5.41) is 2.72. The van der Waals surface area contributed by atoms with Crippen LogP contribution < -0.4 is 19.5 Å². The summed E-state index contributed by atoms with van der Waals surface area (Å²) >= 11 is 5.89. The SMILES string of the molecule is C[C@H]1Oc2ccccc2O[C@H]1C(=O)Nc1cc(Cl)ccc1OCC(F)(F)F. The Balaban J connectivity index is 1.77. The Morgan fingerprint density at radius 1 is 1.19 bits per heavy atom. The molecule has 1 aliphatic heterocycles. The molecule has 5 nitrogen and oxygen atoms in total. The molecule has 0 aliphatic carbocycles. The Morgan fingerprint density at radius 2 is 1.85 bits per heavy atom. The van der Waals surface area contributed by atoms with Gasteiger partial charge < -0.3 is 19.5 Å². The number of ether oxygens (including phenoxy) is 3. The van der Waals surface area contributed by atoms with Crippen LogP contribution in [-0.4, -0.2) is 30.9 Å². The molecule has 1 aliphatic rings. The average Bonchev–Trinajstić information content (AvgIpc) is 2.59. The number of anilines is 1. The molecule has 1 heterocycles. The highest BCUT2D eigenvalue weighted by molar-refractivity contribution is 6.31. The maximum Gasteiger partial charge on any atom is 0.422 e. The molecular formula is C18H15ClF3NO4. The smallest absolute Gasteiger partial charge is 0.422 e. The first-order valence-corrected chi connectivity index (χ1v) is 8.33. The zero-order chi connectivity index (χ0) is 19.6. The van der Waals surface area contributed by atoms with Crippen molar-refractivity contribution in [2.24, 2.45) is 0 Å². The third-order valence-corrected chi connectivity index (χ3v) is 3.93. The minimum absolute atomic E-state index is 0.00593. The van der Waals surface area contributed by atoms with Gasteiger partial charge in [-0.1, -0.05) is 23.7 Å². The molecule has 27 heavy (non-hydrogen) atoms. The molecule has 1 N–H and O–H groups in total. The molecule has 9 heteroatoms. The van der Waals surface area contributed by atoms with Crippen molar-refractivity contribution >= 4 is 23.2 Å². The number of carbonyl (C=O) groups is 1. The summed E-state index contributed by atoms with van der Waals surface area (Å²) in [5.41, 5.74) is 0.00593. The van der Waals surface area contributed by atoms with E-state index in [4.69, 9.17) is 25.8 Å². The van der Waals surface area contributed by atoms with E-state index in [0.717, 1.165) is 0 Å². The Hall–Kier alpha value is -2.61. The van der Waals surface area contributed by atoms with Crippen molar-refractivity contribution in [3.63, 3.8) is 0 Å². The van der Waals surface area contributed by atoms with E-state index in [1.807, 2.05) is 0 Å². The van der Waals surface area contributed by atoms with Crippen molar-refractivity contribution in [1.29, 1.82) is 0 Å². The third-order valence-electron chi connectivity index (χ3n) is 3.69. The second kappa shape index (κ2) is 7.56. The van der Waals surface area contributed by atoms with Crippen LogP contribution in [0.15, 0.2) is 42.5 Å². The number of carbonyl (C=O) groups excluding carboxylic acids is 1. The van der Waals surface area contributed by atoms with E-state index in [9.17, 15) is 18.0 Å². The van der Waals surface area contributed by atoms with Gasteiger partial charge in [-0.3, -0.25) is 4.79 Å². The summed E-state index contributed by atoms with van der Waals surface area (Å²) in [6.07, 6.45) is -6.13. The summed E-state index contributed by atoms with van der Waals surface area (Å²) in [7, 11) is 0. The van der Waals surface area contributed by atoms with Crippen molar-refractivity contribution in [2.45, 2.75) is 25.3 Å². The molecule has 3 rings (SSSR count). The molecule has 0 spiro atoms. The van der Waals surface area contributed by atoms with Crippen molar-refractivity contribution in [3.05, 3.63) is 47.5 Å². The summed E-state index contributed by atoms with van der Waals surface area (Å²) in [5.74, 6) is 0.146. The highest BCUT2D eigenvalue weighted by atomic mass is 35.5. The van der Waals surface area contributed by atoms with E-state index < -0.39 is 30.9 Å². The Kier molecular flexibility index (Phi) is 5.36. The van der Waals surface area contributed by atoms with Gasteiger partial charge in [0.05, 0.1) is 5.69 Å². The predicted octanol–water partition coefficient (Wildman–Crippen LogP) is 4.45. The topological polar surface area (TPSA) is 56.8 Å². The second-order valence-corrected chi connectivity index (χ2v) is 6.28. The average molecular weight is 402 g/mol. The van der Waals surface area contributed by atoms with Crippen molar-refractivity contribution in [3.8, 4) is 17.2 Å². The number of amides is 1. The van der Waals surface area contributed by atoms with Gasteiger partial charge in [-0.15, -0.1) is 0 Å². The van der Waals surface area contributed by atoms with E-state index in [1.54, 1.807) is 31.2 Å². The highest BCUT2D eigenvalue weighted by Gasteiger charge is 2.35. The fourth-order valence-electron chi connectivity index (χ4n) is 2.50. The van der Waals surface area contributed by atoms with Gasteiger partial charge in [0.25, 0.3) is 5.91 Å². The quantitative estimate of drug-likeness (QED) is 0.822. The minimum atomic E-state index is -4.51. The molecule has 0 bridgehead atoms. The van der Waals surface area contributed by atoms with Crippen molar-refractivity contribution in [1.82, 2.24) is 0 Å². The number of rotatable bonds is 4. The number of hydrogen-bond acceptors (Lipinski definition) is 4. The fourth-order valence-corrected chi connectivity index (χ4v) is 2.67. The van der Waals surface area contributed by atoms with Gasteiger partial charge in [0.15, 0.2) is 18.1 Å². The maximum absolute atomic E-state index is 12.6. The number of para-hydroxylation sites is 2. The van der Waals surface area contributed by atoms with Gasteiger partial charge in [0.2, 0.25) is 6.10 Å². The van der Waals surface area contributed by atoms with E-state index in [0.29, 0.717) is 11.5 Å². The number of hydrogen-bond donors (Lipinski definition) is 1. The summed E-state index contributed by atoms with van der Waals surface area (Å²) < 4.78 is 53.4. The lowest BCUT2D eigenvalue weighted by molar-refractivity contribution is -0.153. The van der Waals surface area contributed by atoms with Gasteiger partial charge >= 0.3 is 6.18 Å². The van der Waals surface area contributed by atoms with Gasteiger partial charge in [-0.2, -0.15) is 13.2 Å². The van der Waals surface area contributed by atoms with Crippen LogP contribution >= 0.6 is 11.6 Å². The van der Waals surface area contributed by atoms with E-state index in [-0.39, 0.29) is 16.5 Å². The molecule has 0 fully saturated rings. The lowest BCUT2D eigenvalue weighted by Crippen LogP contribution is -2.46. The van der Waals surface area contributed by atoms with Crippen LogP contribution in [0.25, 0.3) is 0 Å². The lowest BCUT2D eigenvalue weighted by atomic mass is 10.1. The van der Waals surface area contributed by atoms with Crippen LogP contribution in [0.1, 0.15) is 6.92 Å². The molecule has 0 saturated heterocycles. The molecule has 2 aromatic rings. The molecule has 0 saturated carbocycles. The standard InChI is InChI=1S/C18H15ClF3NO4/c1-10-16(27-15-5-3-2-4-14(15)26-10)17(24)23-12-8-11(19)6-7-13(12)25-9-18(20,21)22/h2-8,10,16H,9H2,1H3,(H,23,24)/t10-,16-/m1/s1. The first kappa shape index (κ1) is 19.2. The van der Waals surface area contributed by atoms with Gasteiger partial charge in [-0.05, 0) is 37.3 Å². The summed E-state index contributed by atoms with van der Waals surface area (Å²) in [6, 6.07) is 10.8. The third kappa shape index (κ3) is 4.77. The summed E-state index contributed by atoms with van der Waals surface area (Å²) in [6.45, 7) is 0.156. The lowest BCUT2D eigenvalue weighted by Gasteiger charge is -2.31. The van der Waals surface area contributed by atoms with Crippen molar-refractivity contribution in [2.75, 3.05) is 11.9 Å². The fraction of sp³-hybridized carbons (Fsp3) is 0.278. The first-order chi connectivity index (χ1) is 12.7. The molecule has 2 aromatic carbocycles. The molecule has 144 valence electrons. The maximum atomic E-state index is 12.6. The molecule has 0 aromatic heterocycles. The zero-order valence-corrected chi connectivity index (χ0v) is 14.8. The zero-order valence-electron chi connectivity index (χ0n) is 14.0. The second-order valence-electron chi connectivity index (χ2n) is 5.84. The molecule has 1 amide bonds. The van der Waals surface area contributed by atoms with Crippen molar-refractivity contribution < 1.29 is 32.2 Å². The number of benzene rings is 2. The van der Waals surface area contributed by atoms with Gasteiger partial charge in [0, 0.05) is 5.02 Å². The number of halogens is 4. The minimum Gasteiger partial charge on any atom is -0.482 e. The highest BCUT2D eigenvalue weighted by Crippen LogP contribution is 2.35. The van der Waals surface area contributed by atoms with Crippen LogP contribution in [0.4, 0.5) is 18.9 Å². The molecule has 2 atom stereocenters. The number of fused-ring (bicyclic) bond motifs is 1. The number of nitrogens with one attached hydrogen (secondary N) is 1. The normalized spacial score (nSPS) is 18.7. The van der Waals surface area contributed by atoms with Crippen LogP contribution in [0, 0.1) is 0 Å². The largest absolute Gasteiger partial charge is 0.482 e. The van der Waals surface area contributed by atoms with Crippen LogP contribution in [0.5, 0.6) is 17.2 Å². The molecule has 0 radical (unpaired) electrons. The van der Waals surface area contributed by atoms with Gasteiger partial charge in [-0.25, -0.2) is 0 Å².